The molecule has 0 heterocycles. The van der Waals surface area contributed by atoms with Gasteiger partial charge in [-0.25, -0.2) is 0 Å². The fraction of sp³-hybridized carbons (Fsp3) is 0.930. The van der Waals surface area contributed by atoms with Gasteiger partial charge in [0, 0.05) is 19.3 Å². The number of hydrogen-bond donors (Lipinski definition) is 0. The molecule has 0 amide bonds. The zero-order valence-electron chi connectivity index (χ0n) is 33.0. The van der Waals surface area contributed by atoms with Crippen molar-refractivity contribution in [2.24, 2.45) is 0 Å². The van der Waals surface area contributed by atoms with Crippen molar-refractivity contribution in [2.45, 2.75) is 245 Å². The molecule has 0 aliphatic heterocycles. The van der Waals surface area contributed by atoms with Gasteiger partial charge in [0.1, 0.15) is 13.2 Å². The smallest absolute Gasteiger partial charge is 0.306 e. The van der Waals surface area contributed by atoms with E-state index in [2.05, 4.69) is 13.8 Å². The van der Waals surface area contributed by atoms with Gasteiger partial charge in [0.15, 0.2) is 6.10 Å². The highest BCUT2D eigenvalue weighted by atomic mass is 16.6. The lowest BCUT2D eigenvalue weighted by Crippen LogP contribution is -2.30. The van der Waals surface area contributed by atoms with Gasteiger partial charge in [0.05, 0.1) is 0 Å². The van der Waals surface area contributed by atoms with Crippen LogP contribution in [0.15, 0.2) is 0 Å². The van der Waals surface area contributed by atoms with Gasteiger partial charge in [0.25, 0.3) is 0 Å². The Hall–Kier alpha value is -1.59. The highest BCUT2D eigenvalue weighted by Crippen LogP contribution is 2.16. The molecule has 0 saturated heterocycles. The number of rotatable bonds is 39. The van der Waals surface area contributed by atoms with E-state index in [9.17, 15) is 14.4 Å². The predicted octanol–water partition coefficient (Wildman–Crippen LogP) is 13.3. The van der Waals surface area contributed by atoms with Crippen LogP contribution in [0.3, 0.4) is 0 Å². The second-order valence-corrected chi connectivity index (χ2v) is 14.6. The SMILES string of the molecule is CCCCCCCCCCCCCCCCCC(=O)OCC(COC(=O)CCC)OC(=O)CCCCCCCCCCCCCCCCC. The first-order valence-electron chi connectivity index (χ1n) is 21.5. The first kappa shape index (κ1) is 47.4. The molecule has 0 aliphatic rings. The largest absolute Gasteiger partial charge is 0.462 e. The van der Waals surface area contributed by atoms with Crippen LogP contribution in [0.5, 0.6) is 0 Å². The maximum atomic E-state index is 12.5. The third-order valence-electron chi connectivity index (χ3n) is 9.58. The molecule has 0 saturated carbocycles. The molecule has 0 fully saturated rings. The van der Waals surface area contributed by atoms with Crippen LogP contribution >= 0.6 is 0 Å². The first-order valence-corrected chi connectivity index (χ1v) is 21.5. The molecule has 0 radical (unpaired) electrons. The standard InChI is InChI=1S/C43H82O6/c1-4-7-9-11-13-15-17-19-21-23-25-27-29-31-33-36-42(45)48-39-40(38-47-41(44)35-6-3)49-43(46)37-34-32-30-28-26-24-22-20-18-16-14-12-10-8-5-2/h40H,4-39H2,1-3H3. The van der Waals surface area contributed by atoms with Crippen LogP contribution in [0.2, 0.25) is 0 Å². The molecule has 290 valence electrons. The van der Waals surface area contributed by atoms with Crippen LogP contribution in [0.25, 0.3) is 0 Å². The summed E-state index contributed by atoms with van der Waals surface area (Å²) in [7, 11) is 0. The average Bonchev–Trinajstić information content (AvgIpc) is 3.09. The Labute approximate surface area is 304 Å². The Balaban J connectivity index is 3.94. The Morgan fingerprint density at radius 3 is 0.898 bits per heavy atom. The van der Waals surface area contributed by atoms with Crippen LogP contribution in [-0.2, 0) is 28.6 Å². The Kier molecular flexibility index (Phi) is 37.9. The van der Waals surface area contributed by atoms with E-state index in [1.807, 2.05) is 6.92 Å². The van der Waals surface area contributed by atoms with Gasteiger partial charge in [-0.3, -0.25) is 14.4 Å². The van der Waals surface area contributed by atoms with Crippen molar-refractivity contribution in [1.82, 2.24) is 0 Å². The van der Waals surface area contributed by atoms with E-state index in [1.54, 1.807) is 0 Å². The van der Waals surface area contributed by atoms with Crippen molar-refractivity contribution in [2.75, 3.05) is 13.2 Å². The molecule has 0 bridgehead atoms. The Morgan fingerprint density at radius 2 is 0.592 bits per heavy atom. The molecule has 1 unspecified atom stereocenters. The Bertz CT molecular complexity index is 723. The van der Waals surface area contributed by atoms with E-state index in [0.717, 1.165) is 38.5 Å². The summed E-state index contributed by atoms with van der Waals surface area (Å²) in [4.78, 5) is 36.8. The first-order chi connectivity index (χ1) is 24.0. The van der Waals surface area contributed by atoms with E-state index in [0.29, 0.717) is 25.7 Å². The van der Waals surface area contributed by atoms with Crippen molar-refractivity contribution in [3.63, 3.8) is 0 Å². The summed E-state index contributed by atoms with van der Waals surface area (Å²) in [5.74, 6) is -0.919. The van der Waals surface area contributed by atoms with Crippen LogP contribution in [0.1, 0.15) is 239 Å². The van der Waals surface area contributed by atoms with Crippen molar-refractivity contribution in [3.05, 3.63) is 0 Å². The number of hydrogen-bond acceptors (Lipinski definition) is 6. The van der Waals surface area contributed by atoms with Crippen molar-refractivity contribution < 1.29 is 28.6 Å². The van der Waals surface area contributed by atoms with Gasteiger partial charge < -0.3 is 14.2 Å². The van der Waals surface area contributed by atoms with E-state index in [1.165, 1.54) is 154 Å². The average molecular weight is 695 g/mol. The van der Waals surface area contributed by atoms with E-state index in [4.69, 9.17) is 14.2 Å². The normalized spacial score (nSPS) is 11.8. The number of ether oxygens (including phenoxy) is 3. The lowest BCUT2D eigenvalue weighted by Gasteiger charge is -2.18. The van der Waals surface area contributed by atoms with Gasteiger partial charge in [-0.05, 0) is 19.3 Å². The number of unbranched alkanes of at least 4 members (excludes halogenated alkanes) is 28. The number of carbonyl (C=O) groups excluding carboxylic acids is 3. The maximum Gasteiger partial charge on any atom is 0.306 e. The molecule has 1 atom stereocenters. The van der Waals surface area contributed by atoms with Crippen LogP contribution < -0.4 is 0 Å². The highest BCUT2D eigenvalue weighted by Gasteiger charge is 2.19. The minimum atomic E-state index is -0.755. The lowest BCUT2D eigenvalue weighted by atomic mass is 10.0. The molecule has 6 heteroatoms. The fourth-order valence-electron chi connectivity index (χ4n) is 6.36. The summed E-state index contributed by atoms with van der Waals surface area (Å²) in [5, 5.41) is 0. The summed E-state index contributed by atoms with van der Waals surface area (Å²) in [5.41, 5.74) is 0. The summed E-state index contributed by atoms with van der Waals surface area (Å²) in [6.45, 7) is 6.31. The highest BCUT2D eigenvalue weighted by molar-refractivity contribution is 5.71. The molecule has 0 aromatic heterocycles. The summed E-state index contributed by atoms with van der Waals surface area (Å²) >= 11 is 0. The van der Waals surface area contributed by atoms with Gasteiger partial charge >= 0.3 is 17.9 Å². The zero-order chi connectivity index (χ0) is 35.9. The van der Waals surface area contributed by atoms with Gasteiger partial charge in [0.2, 0.25) is 0 Å². The summed E-state index contributed by atoms with van der Waals surface area (Å²) < 4.78 is 16.3. The minimum absolute atomic E-state index is 0.0679. The van der Waals surface area contributed by atoms with Crippen LogP contribution in [-0.4, -0.2) is 37.2 Å². The number of esters is 3. The second kappa shape index (κ2) is 39.2. The van der Waals surface area contributed by atoms with E-state index in [-0.39, 0.29) is 31.1 Å². The second-order valence-electron chi connectivity index (χ2n) is 14.6. The molecule has 0 rings (SSSR count). The van der Waals surface area contributed by atoms with Crippen molar-refractivity contribution in [1.29, 1.82) is 0 Å². The Morgan fingerprint density at radius 1 is 0.327 bits per heavy atom. The van der Waals surface area contributed by atoms with E-state index < -0.39 is 6.10 Å². The van der Waals surface area contributed by atoms with Gasteiger partial charge in [-0.2, -0.15) is 0 Å². The molecular formula is C43H82O6. The fourth-order valence-corrected chi connectivity index (χ4v) is 6.36. The van der Waals surface area contributed by atoms with Gasteiger partial charge in [-0.15, -0.1) is 0 Å². The molecule has 0 aromatic rings. The monoisotopic (exact) mass is 695 g/mol. The molecule has 6 nitrogen and oxygen atoms in total. The maximum absolute atomic E-state index is 12.5. The predicted molar refractivity (Wildman–Crippen MR) is 206 cm³/mol. The summed E-state index contributed by atoms with van der Waals surface area (Å²) in [6, 6.07) is 0. The van der Waals surface area contributed by atoms with E-state index >= 15 is 0 Å². The quantitative estimate of drug-likeness (QED) is 0.0362. The topological polar surface area (TPSA) is 78.9 Å². The molecule has 0 aliphatic carbocycles. The van der Waals surface area contributed by atoms with Gasteiger partial charge in [-0.1, -0.05) is 201 Å². The summed E-state index contributed by atoms with van der Waals surface area (Å²) in [6.07, 6.45) is 39.3. The molecule has 0 spiro atoms. The third kappa shape index (κ3) is 37.5. The van der Waals surface area contributed by atoms with Crippen LogP contribution in [0.4, 0.5) is 0 Å². The van der Waals surface area contributed by atoms with Crippen molar-refractivity contribution >= 4 is 17.9 Å². The molecule has 0 aromatic carbocycles. The molecule has 0 N–H and O–H groups in total. The molecule has 49 heavy (non-hydrogen) atoms. The molecular weight excluding hydrogens is 612 g/mol. The zero-order valence-corrected chi connectivity index (χ0v) is 33.0. The minimum Gasteiger partial charge on any atom is -0.462 e. The number of carbonyl (C=O) groups is 3. The third-order valence-corrected chi connectivity index (χ3v) is 9.58. The van der Waals surface area contributed by atoms with Crippen molar-refractivity contribution in [3.8, 4) is 0 Å². The lowest BCUT2D eigenvalue weighted by molar-refractivity contribution is -0.167. The van der Waals surface area contributed by atoms with Crippen LogP contribution in [0, 0.1) is 0 Å².